The second kappa shape index (κ2) is 8.37. The van der Waals surface area contributed by atoms with E-state index in [0.29, 0.717) is 20.3 Å². The van der Waals surface area contributed by atoms with Crippen LogP contribution in [0.4, 0.5) is 0 Å². The molecule has 164 valence electrons. The van der Waals surface area contributed by atoms with Crippen molar-refractivity contribution < 1.29 is 0 Å². The van der Waals surface area contributed by atoms with Gasteiger partial charge in [0.2, 0.25) is 4.96 Å². The van der Waals surface area contributed by atoms with E-state index < -0.39 is 0 Å². The lowest BCUT2D eigenvalue weighted by Crippen LogP contribution is -2.23. The van der Waals surface area contributed by atoms with Crippen LogP contribution in [0.2, 0.25) is 5.02 Å². The number of halogens is 1. The zero-order valence-corrected chi connectivity index (χ0v) is 19.2. The van der Waals surface area contributed by atoms with Gasteiger partial charge >= 0.3 is 0 Å². The smallest absolute Gasteiger partial charge is 0.266 e. The Morgan fingerprint density at radius 1 is 0.853 bits per heavy atom. The molecule has 6 rings (SSSR count). The van der Waals surface area contributed by atoms with Crippen molar-refractivity contribution in [2.45, 2.75) is 0 Å². The summed E-state index contributed by atoms with van der Waals surface area (Å²) in [6.07, 6.45) is 3.79. The lowest BCUT2D eigenvalue weighted by atomic mass is 10.1. The van der Waals surface area contributed by atoms with Gasteiger partial charge in [-0.1, -0.05) is 83.6 Å². The standard InChI is InChI=1S/C26H16ClN5OS/c27-20-11-7-10-18(14-20)24-28-26-32(30-24)25(33)22(34-26)15-19-16-31(21-12-5-2-6-13-21)29-23(19)17-8-3-1-4-9-17/h1-16H/b22-15-. The van der Waals surface area contributed by atoms with E-state index in [0.717, 1.165) is 28.1 Å². The molecule has 0 radical (unpaired) electrons. The molecule has 8 heteroatoms. The maximum absolute atomic E-state index is 13.2. The van der Waals surface area contributed by atoms with Crippen LogP contribution in [-0.2, 0) is 0 Å². The Morgan fingerprint density at radius 3 is 2.32 bits per heavy atom. The van der Waals surface area contributed by atoms with Gasteiger partial charge in [0.05, 0.1) is 15.9 Å². The van der Waals surface area contributed by atoms with Crippen LogP contribution in [0.1, 0.15) is 5.56 Å². The third-order valence-electron chi connectivity index (χ3n) is 5.36. The molecule has 0 fully saturated rings. The number of nitrogens with zero attached hydrogens (tertiary/aromatic N) is 5. The maximum atomic E-state index is 13.2. The maximum Gasteiger partial charge on any atom is 0.291 e. The van der Waals surface area contributed by atoms with Crippen LogP contribution in [-0.4, -0.2) is 24.4 Å². The van der Waals surface area contributed by atoms with Crippen LogP contribution >= 0.6 is 22.9 Å². The molecule has 0 bridgehead atoms. The highest BCUT2D eigenvalue weighted by molar-refractivity contribution is 7.15. The number of thiazole rings is 1. The van der Waals surface area contributed by atoms with Crippen molar-refractivity contribution in [3.05, 3.63) is 117 Å². The van der Waals surface area contributed by atoms with E-state index in [2.05, 4.69) is 10.1 Å². The number of benzene rings is 3. The Balaban J connectivity index is 1.49. The zero-order chi connectivity index (χ0) is 23.1. The Bertz CT molecular complexity index is 1740. The molecule has 0 aliphatic rings. The van der Waals surface area contributed by atoms with Gasteiger partial charge in [0.25, 0.3) is 5.56 Å². The fourth-order valence-electron chi connectivity index (χ4n) is 3.75. The average molecular weight is 482 g/mol. The molecule has 0 saturated carbocycles. The Labute approximate surface area is 203 Å². The van der Waals surface area contributed by atoms with Gasteiger partial charge in [-0.3, -0.25) is 4.79 Å². The van der Waals surface area contributed by atoms with Gasteiger partial charge in [0, 0.05) is 27.9 Å². The summed E-state index contributed by atoms with van der Waals surface area (Å²) >= 11 is 7.39. The van der Waals surface area contributed by atoms with Gasteiger partial charge < -0.3 is 0 Å². The second-order valence-corrected chi connectivity index (χ2v) is 9.08. The molecule has 3 heterocycles. The van der Waals surface area contributed by atoms with Gasteiger partial charge in [0.1, 0.15) is 0 Å². The number of aromatic nitrogens is 5. The number of fused-ring (bicyclic) bond motifs is 1. The average Bonchev–Trinajstić information content (AvgIpc) is 3.56. The summed E-state index contributed by atoms with van der Waals surface area (Å²) in [6.45, 7) is 0. The largest absolute Gasteiger partial charge is 0.291 e. The van der Waals surface area contributed by atoms with E-state index in [1.54, 1.807) is 12.1 Å². The normalized spacial score (nSPS) is 12.0. The van der Waals surface area contributed by atoms with Crippen molar-refractivity contribution in [1.29, 1.82) is 0 Å². The summed E-state index contributed by atoms with van der Waals surface area (Å²) < 4.78 is 3.71. The first-order valence-electron chi connectivity index (χ1n) is 10.5. The number of hydrogen-bond donors (Lipinski definition) is 0. The topological polar surface area (TPSA) is 65.1 Å². The molecule has 0 aliphatic carbocycles. The summed E-state index contributed by atoms with van der Waals surface area (Å²) in [5.74, 6) is 0.472. The molecule has 0 N–H and O–H groups in total. The van der Waals surface area contributed by atoms with Crippen LogP contribution in [0.15, 0.2) is 95.9 Å². The molecule has 0 saturated heterocycles. The minimum absolute atomic E-state index is 0.216. The quantitative estimate of drug-likeness (QED) is 0.360. The van der Waals surface area contributed by atoms with Crippen molar-refractivity contribution >= 4 is 34.0 Å². The van der Waals surface area contributed by atoms with E-state index >= 15 is 0 Å². The summed E-state index contributed by atoms with van der Waals surface area (Å²) in [7, 11) is 0. The Morgan fingerprint density at radius 2 is 1.59 bits per heavy atom. The molecule has 3 aromatic heterocycles. The minimum Gasteiger partial charge on any atom is -0.266 e. The summed E-state index contributed by atoms with van der Waals surface area (Å²) in [4.78, 5) is 18.2. The van der Waals surface area contributed by atoms with E-state index in [1.165, 1.54) is 15.9 Å². The lowest BCUT2D eigenvalue weighted by Gasteiger charge is -2.00. The van der Waals surface area contributed by atoms with E-state index in [9.17, 15) is 4.79 Å². The van der Waals surface area contributed by atoms with Crippen molar-refractivity contribution in [3.8, 4) is 28.3 Å². The Kier molecular flexibility index (Phi) is 5.05. The van der Waals surface area contributed by atoms with Gasteiger partial charge in [0.15, 0.2) is 5.82 Å². The highest BCUT2D eigenvalue weighted by Crippen LogP contribution is 2.25. The van der Waals surface area contributed by atoms with Crippen LogP contribution < -0.4 is 10.1 Å². The second-order valence-electron chi connectivity index (χ2n) is 7.64. The minimum atomic E-state index is -0.216. The van der Waals surface area contributed by atoms with Gasteiger partial charge in [-0.15, -0.1) is 5.10 Å². The summed E-state index contributed by atoms with van der Waals surface area (Å²) in [6, 6.07) is 27.1. The molecule has 0 unspecified atom stereocenters. The highest BCUT2D eigenvalue weighted by atomic mass is 35.5. The van der Waals surface area contributed by atoms with Crippen LogP contribution in [0.5, 0.6) is 0 Å². The number of para-hydroxylation sites is 1. The summed E-state index contributed by atoms with van der Waals surface area (Å²) in [5.41, 5.74) is 4.10. The molecule has 0 atom stereocenters. The molecule has 0 aliphatic heterocycles. The van der Waals surface area contributed by atoms with E-state index in [4.69, 9.17) is 16.7 Å². The zero-order valence-electron chi connectivity index (χ0n) is 17.7. The first kappa shape index (κ1) is 20.5. The molecule has 34 heavy (non-hydrogen) atoms. The molecule has 6 aromatic rings. The first-order valence-corrected chi connectivity index (χ1v) is 11.7. The highest BCUT2D eigenvalue weighted by Gasteiger charge is 2.15. The molecule has 0 amide bonds. The fraction of sp³-hybridized carbons (Fsp3) is 0. The van der Waals surface area contributed by atoms with Crippen LogP contribution in [0, 0.1) is 0 Å². The monoisotopic (exact) mass is 481 g/mol. The van der Waals surface area contributed by atoms with Crippen molar-refractivity contribution in [2.24, 2.45) is 0 Å². The van der Waals surface area contributed by atoms with Crippen molar-refractivity contribution in [2.75, 3.05) is 0 Å². The summed E-state index contributed by atoms with van der Waals surface area (Å²) in [5, 5.41) is 9.83. The van der Waals surface area contributed by atoms with Gasteiger partial charge in [-0.2, -0.15) is 14.6 Å². The molecule has 6 nitrogen and oxygen atoms in total. The molecular formula is C26H16ClN5OS. The molecule has 3 aromatic carbocycles. The van der Waals surface area contributed by atoms with E-state index in [1.807, 2.05) is 89.8 Å². The third kappa shape index (κ3) is 3.71. The SMILES string of the molecule is O=c1/c(=C/c2cn(-c3ccccc3)nc2-c2ccccc2)sc2nc(-c3cccc(Cl)c3)nn12. The first-order chi connectivity index (χ1) is 16.7. The fourth-order valence-corrected chi connectivity index (χ4v) is 4.84. The van der Waals surface area contributed by atoms with Gasteiger partial charge in [-0.25, -0.2) is 4.68 Å². The predicted molar refractivity (Wildman–Crippen MR) is 135 cm³/mol. The predicted octanol–water partition coefficient (Wildman–Crippen LogP) is 4.87. The molecule has 0 spiro atoms. The Hall–Kier alpha value is -4.07. The lowest BCUT2D eigenvalue weighted by molar-refractivity contribution is 0.884. The van der Waals surface area contributed by atoms with Crippen LogP contribution in [0.3, 0.4) is 0 Å². The van der Waals surface area contributed by atoms with Crippen molar-refractivity contribution in [1.82, 2.24) is 24.4 Å². The third-order valence-corrected chi connectivity index (χ3v) is 6.56. The van der Waals surface area contributed by atoms with Crippen molar-refractivity contribution in [3.63, 3.8) is 0 Å². The van der Waals surface area contributed by atoms with Gasteiger partial charge in [-0.05, 0) is 30.3 Å². The van der Waals surface area contributed by atoms with Crippen LogP contribution in [0.25, 0.3) is 39.4 Å². The molecular weight excluding hydrogens is 466 g/mol. The number of rotatable bonds is 4. The van der Waals surface area contributed by atoms with E-state index in [-0.39, 0.29) is 5.56 Å². The number of hydrogen-bond acceptors (Lipinski definition) is 5.